The molecule has 0 spiro atoms. The molecule has 5 aromatic rings. The Morgan fingerprint density at radius 1 is 1.07 bits per heavy atom. The first-order valence-corrected chi connectivity index (χ1v) is 14.4. The van der Waals surface area contributed by atoms with E-state index in [1.165, 1.54) is 49.8 Å². The molecule has 16 heteroatoms. The number of alkyl halides is 3. The average Bonchev–Trinajstić information content (AvgIpc) is 3.43. The van der Waals surface area contributed by atoms with E-state index in [2.05, 4.69) is 30.8 Å². The highest BCUT2D eigenvalue weighted by atomic mass is 35.5. The fourth-order valence-electron chi connectivity index (χ4n) is 3.83. The Labute approximate surface area is 254 Å². The molecule has 0 aliphatic rings. The number of anilines is 3. The van der Waals surface area contributed by atoms with Crippen molar-refractivity contribution < 1.29 is 31.8 Å². The zero-order chi connectivity index (χ0) is 30.6. The van der Waals surface area contributed by atoms with Crippen molar-refractivity contribution in [3.05, 3.63) is 82.9 Å². The minimum atomic E-state index is -4.47. The van der Waals surface area contributed by atoms with Crippen LogP contribution in [0.5, 0.6) is 11.5 Å². The van der Waals surface area contributed by atoms with Gasteiger partial charge in [0.2, 0.25) is 5.13 Å². The summed E-state index contributed by atoms with van der Waals surface area (Å²) < 4.78 is 64.8. The Morgan fingerprint density at radius 2 is 1.88 bits per heavy atom. The van der Waals surface area contributed by atoms with Gasteiger partial charge in [-0.25, -0.2) is 14.4 Å². The number of rotatable bonds is 10. The van der Waals surface area contributed by atoms with E-state index in [0.29, 0.717) is 32.5 Å². The van der Waals surface area contributed by atoms with Crippen molar-refractivity contribution in [1.82, 2.24) is 20.2 Å². The monoisotopic (exact) mass is 650 g/mol. The van der Waals surface area contributed by atoms with Crippen molar-refractivity contribution in [3.63, 3.8) is 0 Å². The third kappa shape index (κ3) is 7.42. The lowest BCUT2D eigenvalue weighted by molar-refractivity contribution is -0.138. The molecule has 0 fully saturated rings. The fraction of sp³-hybridized carbons (Fsp3) is 0.148. The molecule has 0 saturated heterocycles. The summed E-state index contributed by atoms with van der Waals surface area (Å²) in [7, 11) is 1.43. The summed E-state index contributed by atoms with van der Waals surface area (Å²) >= 11 is 7.98. The van der Waals surface area contributed by atoms with Crippen LogP contribution >= 0.6 is 34.7 Å². The minimum absolute atomic E-state index is 0.0257. The second-order valence-electron chi connectivity index (χ2n) is 8.65. The maximum absolute atomic E-state index is 13.6. The number of benzene rings is 3. The summed E-state index contributed by atoms with van der Waals surface area (Å²) in [6.07, 6.45) is -3.12. The van der Waals surface area contributed by atoms with E-state index in [9.17, 15) is 22.4 Å². The topological polar surface area (TPSA) is 111 Å². The second-order valence-corrected chi connectivity index (χ2v) is 11.3. The number of fused-ring (bicyclic) bond motifs is 1. The molecule has 0 saturated carbocycles. The van der Waals surface area contributed by atoms with Gasteiger partial charge in [-0.15, -0.1) is 10.2 Å². The molecule has 2 heterocycles. The second kappa shape index (κ2) is 13.0. The quantitative estimate of drug-likeness (QED) is 0.0910. The van der Waals surface area contributed by atoms with Crippen LogP contribution in [0, 0.1) is 5.82 Å². The van der Waals surface area contributed by atoms with Crippen LogP contribution in [-0.4, -0.2) is 39.8 Å². The Hall–Kier alpha value is -4.21. The Morgan fingerprint density at radius 3 is 2.65 bits per heavy atom. The first kappa shape index (κ1) is 30.3. The van der Waals surface area contributed by atoms with Crippen LogP contribution in [0.15, 0.2) is 65.3 Å². The molecule has 0 unspecified atom stereocenters. The largest absolute Gasteiger partial charge is 0.493 e. The van der Waals surface area contributed by atoms with E-state index in [1.54, 1.807) is 12.1 Å². The molecule has 1 amide bonds. The van der Waals surface area contributed by atoms with Gasteiger partial charge in [-0.2, -0.15) is 13.2 Å². The van der Waals surface area contributed by atoms with Crippen LogP contribution < -0.4 is 20.1 Å². The first-order chi connectivity index (χ1) is 20.6. The fourth-order valence-corrected chi connectivity index (χ4v) is 5.78. The van der Waals surface area contributed by atoms with Gasteiger partial charge >= 0.3 is 6.18 Å². The number of carbonyl (C=O) groups excluding carboxylic acids is 1. The van der Waals surface area contributed by atoms with E-state index in [1.807, 2.05) is 0 Å². The number of methoxy groups -OCH3 is 1. The normalized spacial score (nSPS) is 11.4. The zero-order valence-electron chi connectivity index (χ0n) is 21.9. The Kier molecular flexibility index (Phi) is 9.13. The summed E-state index contributed by atoms with van der Waals surface area (Å²) in [5, 5.41) is 14.1. The highest BCUT2D eigenvalue weighted by molar-refractivity contribution is 8.00. The van der Waals surface area contributed by atoms with Gasteiger partial charge in [0.1, 0.15) is 18.0 Å². The number of amides is 1. The van der Waals surface area contributed by atoms with Crippen molar-refractivity contribution in [2.45, 2.75) is 16.3 Å². The van der Waals surface area contributed by atoms with Gasteiger partial charge in [0.05, 0.1) is 23.2 Å². The van der Waals surface area contributed by atoms with Gasteiger partial charge < -0.3 is 14.8 Å². The highest BCUT2D eigenvalue weighted by Crippen LogP contribution is 2.37. The number of carbonyl (C=O) groups is 1. The molecule has 0 radical (unpaired) electrons. The number of aromatic nitrogens is 4. The predicted molar refractivity (Wildman–Crippen MR) is 156 cm³/mol. The van der Waals surface area contributed by atoms with Crippen LogP contribution in [0.2, 0.25) is 5.02 Å². The van der Waals surface area contributed by atoms with E-state index in [4.69, 9.17) is 21.1 Å². The number of hydrogen-bond acceptors (Lipinski definition) is 10. The molecule has 222 valence electrons. The maximum Gasteiger partial charge on any atom is 0.416 e. The third-order valence-electron chi connectivity index (χ3n) is 5.79. The van der Waals surface area contributed by atoms with E-state index < -0.39 is 30.1 Å². The van der Waals surface area contributed by atoms with Gasteiger partial charge in [-0.05, 0) is 35.9 Å². The minimum Gasteiger partial charge on any atom is -0.493 e. The van der Waals surface area contributed by atoms with Gasteiger partial charge in [0.15, 0.2) is 22.4 Å². The van der Waals surface area contributed by atoms with Crippen molar-refractivity contribution in [2.75, 3.05) is 24.4 Å². The Bertz CT molecular complexity index is 1790. The smallest absolute Gasteiger partial charge is 0.416 e. The van der Waals surface area contributed by atoms with E-state index in [0.717, 1.165) is 29.2 Å². The van der Waals surface area contributed by atoms with Crippen LogP contribution in [0.25, 0.3) is 10.9 Å². The van der Waals surface area contributed by atoms with Crippen molar-refractivity contribution >= 4 is 68.1 Å². The summed E-state index contributed by atoms with van der Waals surface area (Å²) in [6, 6.07) is 12.6. The summed E-state index contributed by atoms with van der Waals surface area (Å²) in [6.45, 7) is -0.424. The standard InChI is InChI=1S/C27H19ClF4N6O3S2/c1-40-21-10-20-16(24(34-13-33-20)35-15-6-7-19(29)18(28)8-15)9-22(21)41-11-23(39)36-25-37-38-26(43-25)42-12-14-4-2-3-5-17(14)27(30,31)32/h2-10,13H,11-12H2,1H3,(H,33,34,35)(H,36,37,39). The van der Waals surface area contributed by atoms with Crippen molar-refractivity contribution in [2.24, 2.45) is 0 Å². The molecule has 0 atom stereocenters. The molecule has 43 heavy (non-hydrogen) atoms. The van der Waals surface area contributed by atoms with E-state index in [-0.39, 0.29) is 27.2 Å². The molecule has 0 aliphatic carbocycles. The molecule has 3 aromatic carbocycles. The maximum atomic E-state index is 13.6. The summed E-state index contributed by atoms with van der Waals surface area (Å²) in [5.74, 6) is -0.186. The number of nitrogens with one attached hydrogen (secondary N) is 2. The van der Waals surface area contributed by atoms with Crippen LogP contribution in [0.1, 0.15) is 11.1 Å². The van der Waals surface area contributed by atoms with Gasteiger partial charge in [0, 0.05) is 22.9 Å². The van der Waals surface area contributed by atoms with Gasteiger partial charge in [-0.3, -0.25) is 10.1 Å². The van der Waals surface area contributed by atoms with Crippen LogP contribution in [0.4, 0.5) is 34.2 Å². The molecular formula is C27H19ClF4N6O3S2. The predicted octanol–water partition coefficient (Wildman–Crippen LogP) is 7.35. The lowest BCUT2D eigenvalue weighted by Crippen LogP contribution is -2.20. The number of nitrogens with zero attached hydrogens (tertiary/aromatic N) is 4. The van der Waals surface area contributed by atoms with Crippen LogP contribution in [0.3, 0.4) is 0 Å². The van der Waals surface area contributed by atoms with Crippen molar-refractivity contribution in [3.8, 4) is 11.5 Å². The molecule has 0 aliphatic heterocycles. The lowest BCUT2D eigenvalue weighted by Gasteiger charge is -2.14. The SMILES string of the molecule is COc1cc2ncnc(Nc3ccc(F)c(Cl)c3)c2cc1OCC(=O)Nc1nnc(SCc2ccccc2C(F)(F)F)s1. The molecular weight excluding hydrogens is 632 g/mol. The number of thioether (sulfide) groups is 1. The van der Waals surface area contributed by atoms with E-state index >= 15 is 0 Å². The highest BCUT2D eigenvalue weighted by Gasteiger charge is 2.32. The number of hydrogen-bond donors (Lipinski definition) is 2. The average molecular weight is 651 g/mol. The first-order valence-electron chi connectivity index (χ1n) is 12.2. The molecule has 2 N–H and O–H groups in total. The third-order valence-corrected chi connectivity index (χ3v) is 8.10. The van der Waals surface area contributed by atoms with Gasteiger partial charge in [-0.1, -0.05) is 52.9 Å². The number of ether oxygens (including phenoxy) is 2. The Balaban J connectivity index is 1.24. The number of halogens is 5. The van der Waals surface area contributed by atoms with Gasteiger partial charge in [0.25, 0.3) is 5.91 Å². The zero-order valence-corrected chi connectivity index (χ0v) is 24.3. The van der Waals surface area contributed by atoms with Crippen LogP contribution in [-0.2, 0) is 16.7 Å². The summed E-state index contributed by atoms with van der Waals surface area (Å²) in [5.41, 5.74) is 0.402. The lowest BCUT2D eigenvalue weighted by atomic mass is 10.1. The molecule has 2 aromatic heterocycles. The molecule has 9 nitrogen and oxygen atoms in total. The summed E-state index contributed by atoms with van der Waals surface area (Å²) in [4.78, 5) is 21.1. The van der Waals surface area contributed by atoms with Crippen molar-refractivity contribution in [1.29, 1.82) is 0 Å². The molecule has 5 rings (SSSR count). The molecule has 0 bridgehead atoms.